The molecule has 2 rings (SSSR count). The van der Waals surface area contributed by atoms with Crippen LogP contribution in [0.2, 0.25) is 5.02 Å². The predicted molar refractivity (Wildman–Crippen MR) is 87.1 cm³/mol. The predicted octanol–water partition coefficient (Wildman–Crippen LogP) is 2.28. The lowest BCUT2D eigenvalue weighted by Gasteiger charge is -2.34. The minimum atomic E-state index is 0.300. The van der Waals surface area contributed by atoms with Crippen molar-refractivity contribution in [2.24, 2.45) is 5.92 Å². The topological polar surface area (TPSA) is 44.7 Å². The summed E-state index contributed by atoms with van der Waals surface area (Å²) < 4.78 is 5.05. The second-order valence-corrected chi connectivity index (χ2v) is 5.93. The highest BCUT2D eigenvalue weighted by Crippen LogP contribution is 2.30. The SMILES string of the molecule is COCCNCc1c(Cl)cccc1N1CCC(CO)CC1. The first-order valence-electron chi connectivity index (χ1n) is 7.59. The van der Waals surface area contributed by atoms with E-state index in [-0.39, 0.29) is 0 Å². The number of nitrogens with zero attached hydrogens (tertiary/aromatic N) is 1. The summed E-state index contributed by atoms with van der Waals surface area (Å²) in [5, 5.41) is 13.4. The maximum atomic E-state index is 9.25. The monoisotopic (exact) mass is 312 g/mol. The number of methoxy groups -OCH3 is 1. The van der Waals surface area contributed by atoms with Crippen LogP contribution in [0.15, 0.2) is 18.2 Å². The van der Waals surface area contributed by atoms with Crippen LogP contribution in [0.1, 0.15) is 18.4 Å². The van der Waals surface area contributed by atoms with Gasteiger partial charge in [0.25, 0.3) is 0 Å². The van der Waals surface area contributed by atoms with Gasteiger partial charge in [0.05, 0.1) is 6.61 Å². The highest BCUT2D eigenvalue weighted by Gasteiger charge is 2.21. The number of hydrogen-bond acceptors (Lipinski definition) is 4. The van der Waals surface area contributed by atoms with Gasteiger partial charge in [-0.2, -0.15) is 0 Å². The molecule has 1 saturated heterocycles. The maximum absolute atomic E-state index is 9.25. The molecule has 0 saturated carbocycles. The molecule has 0 aromatic heterocycles. The van der Waals surface area contributed by atoms with E-state index in [1.165, 1.54) is 5.69 Å². The van der Waals surface area contributed by atoms with Crippen LogP contribution in [0.4, 0.5) is 5.69 Å². The molecular weight excluding hydrogens is 288 g/mol. The number of halogens is 1. The molecule has 1 aliphatic rings. The van der Waals surface area contributed by atoms with Gasteiger partial charge in [0.1, 0.15) is 0 Å². The van der Waals surface area contributed by atoms with Gasteiger partial charge in [-0.15, -0.1) is 0 Å². The van der Waals surface area contributed by atoms with Gasteiger partial charge in [0.15, 0.2) is 0 Å². The van der Waals surface area contributed by atoms with Crippen LogP contribution in [0, 0.1) is 5.92 Å². The molecule has 1 aromatic rings. The summed E-state index contributed by atoms with van der Waals surface area (Å²) in [6, 6.07) is 6.09. The van der Waals surface area contributed by atoms with Crippen molar-refractivity contribution in [2.75, 3.05) is 44.9 Å². The number of aliphatic hydroxyl groups is 1. The third-order valence-corrected chi connectivity index (χ3v) is 4.45. The lowest BCUT2D eigenvalue weighted by Crippen LogP contribution is -2.35. The number of aliphatic hydroxyl groups excluding tert-OH is 1. The highest BCUT2D eigenvalue weighted by molar-refractivity contribution is 6.31. The van der Waals surface area contributed by atoms with E-state index in [9.17, 15) is 5.11 Å². The summed E-state index contributed by atoms with van der Waals surface area (Å²) in [6.07, 6.45) is 2.08. The molecule has 1 heterocycles. The van der Waals surface area contributed by atoms with Crippen LogP contribution in [-0.2, 0) is 11.3 Å². The van der Waals surface area contributed by atoms with Gasteiger partial charge >= 0.3 is 0 Å². The zero-order chi connectivity index (χ0) is 15.1. The van der Waals surface area contributed by atoms with Crippen molar-refractivity contribution in [1.82, 2.24) is 5.32 Å². The molecule has 1 aliphatic heterocycles. The van der Waals surface area contributed by atoms with Crippen LogP contribution >= 0.6 is 11.6 Å². The largest absolute Gasteiger partial charge is 0.396 e. The number of benzene rings is 1. The zero-order valence-electron chi connectivity index (χ0n) is 12.6. The quantitative estimate of drug-likeness (QED) is 0.758. The fourth-order valence-electron chi connectivity index (χ4n) is 2.76. The van der Waals surface area contributed by atoms with Crippen LogP contribution in [0.25, 0.3) is 0 Å². The Hall–Kier alpha value is -0.810. The van der Waals surface area contributed by atoms with Gasteiger partial charge < -0.3 is 20.1 Å². The minimum Gasteiger partial charge on any atom is -0.396 e. The van der Waals surface area contributed by atoms with E-state index in [2.05, 4.69) is 16.3 Å². The molecule has 1 fully saturated rings. The summed E-state index contributed by atoms with van der Waals surface area (Å²) in [5.41, 5.74) is 2.36. The fourth-order valence-corrected chi connectivity index (χ4v) is 3.00. The Labute approximate surface area is 132 Å². The smallest absolute Gasteiger partial charge is 0.0587 e. The Bertz CT molecular complexity index is 434. The molecule has 0 aliphatic carbocycles. The third kappa shape index (κ3) is 4.58. The number of rotatable bonds is 7. The van der Waals surface area contributed by atoms with E-state index in [4.69, 9.17) is 16.3 Å². The Balaban J connectivity index is 2.03. The summed E-state index contributed by atoms with van der Waals surface area (Å²) in [5.74, 6) is 0.448. The molecule has 118 valence electrons. The molecule has 21 heavy (non-hydrogen) atoms. The third-order valence-electron chi connectivity index (χ3n) is 4.09. The number of ether oxygens (including phenoxy) is 1. The molecule has 1 aromatic carbocycles. The lowest BCUT2D eigenvalue weighted by molar-refractivity contribution is 0.199. The molecule has 0 atom stereocenters. The number of piperidine rings is 1. The molecule has 2 N–H and O–H groups in total. The number of anilines is 1. The van der Waals surface area contributed by atoms with Gasteiger partial charge in [0.2, 0.25) is 0 Å². The Morgan fingerprint density at radius 1 is 1.38 bits per heavy atom. The fraction of sp³-hybridized carbons (Fsp3) is 0.625. The number of hydrogen-bond donors (Lipinski definition) is 2. The zero-order valence-corrected chi connectivity index (χ0v) is 13.4. The Morgan fingerprint density at radius 2 is 2.14 bits per heavy atom. The van der Waals surface area contributed by atoms with Crippen molar-refractivity contribution in [3.05, 3.63) is 28.8 Å². The average molecular weight is 313 g/mol. The van der Waals surface area contributed by atoms with E-state index >= 15 is 0 Å². The lowest BCUT2D eigenvalue weighted by atomic mass is 9.97. The van der Waals surface area contributed by atoms with E-state index in [0.29, 0.717) is 19.1 Å². The van der Waals surface area contributed by atoms with Gasteiger partial charge in [-0.3, -0.25) is 0 Å². The van der Waals surface area contributed by atoms with Crippen molar-refractivity contribution in [2.45, 2.75) is 19.4 Å². The van der Waals surface area contributed by atoms with Crippen LogP contribution in [0.3, 0.4) is 0 Å². The number of nitrogens with one attached hydrogen (secondary N) is 1. The first-order valence-corrected chi connectivity index (χ1v) is 7.97. The molecule has 0 radical (unpaired) electrons. The molecule has 0 spiro atoms. The first kappa shape index (κ1) is 16.6. The molecule has 0 amide bonds. The molecule has 0 unspecified atom stereocenters. The van der Waals surface area contributed by atoms with E-state index in [0.717, 1.165) is 49.6 Å². The standard InChI is InChI=1S/C16H25ClN2O2/c1-21-10-7-18-11-14-15(17)3-2-4-16(14)19-8-5-13(12-20)6-9-19/h2-4,13,18,20H,5-12H2,1H3. The maximum Gasteiger partial charge on any atom is 0.0587 e. The van der Waals surface area contributed by atoms with Crippen molar-refractivity contribution in [3.8, 4) is 0 Å². The van der Waals surface area contributed by atoms with Crippen molar-refractivity contribution >= 4 is 17.3 Å². The summed E-state index contributed by atoms with van der Waals surface area (Å²) in [7, 11) is 1.70. The summed E-state index contributed by atoms with van der Waals surface area (Å²) >= 11 is 6.38. The molecular formula is C16H25ClN2O2. The average Bonchev–Trinajstić information content (AvgIpc) is 2.53. The Morgan fingerprint density at radius 3 is 2.81 bits per heavy atom. The van der Waals surface area contributed by atoms with Gasteiger partial charge in [-0.1, -0.05) is 17.7 Å². The van der Waals surface area contributed by atoms with E-state index in [1.54, 1.807) is 7.11 Å². The molecule has 4 nitrogen and oxygen atoms in total. The molecule has 0 bridgehead atoms. The van der Waals surface area contributed by atoms with E-state index in [1.807, 2.05) is 12.1 Å². The van der Waals surface area contributed by atoms with Crippen LogP contribution in [-0.4, -0.2) is 45.1 Å². The summed E-state index contributed by atoms with van der Waals surface area (Å²) in [4.78, 5) is 2.38. The van der Waals surface area contributed by atoms with Crippen molar-refractivity contribution in [3.63, 3.8) is 0 Å². The second kappa shape index (κ2) is 8.59. The first-order chi connectivity index (χ1) is 10.3. The van der Waals surface area contributed by atoms with Crippen LogP contribution < -0.4 is 10.2 Å². The minimum absolute atomic E-state index is 0.300. The van der Waals surface area contributed by atoms with Gasteiger partial charge in [-0.05, 0) is 30.9 Å². The normalized spacial score (nSPS) is 16.4. The second-order valence-electron chi connectivity index (χ2n) is 5.52. The van der Waals surface area contributed by atoms with Crippen molar-refractivity contribution < 1.29 is 9.84 Å². The Kier molecular flexibility index (Phi) is 6.77. The van der Waals surface area contributed by atoms with Crippen molar-refractivity contribution in [1.29, 1.82) is 0 Å². The summed E-state index contributed by atoms with van der Waals surface area (Å²) in [6.45, 7) is 4.52. The molecule has 5 heteroatoms. The van der Waals surface area contributed by atoms with Gasteiger partial charge in [-0.25, -0.2) is 0 Å². The van der Waals surface area contributed by atoms with Crippen LogP contribution in [0.5, 0.6) is 0 Å². The highest BCUT2D eigenvalue weighted by atomic mass is 35.5. The van der Waals surface area contributed by atoms with Gasteiger partial charge in [0, 0.05) is 56.2 Å². The van der Waals surface area contributed by atoms with E-state index < -0.39 is 0 Å².